The van der Waals surface area contributed by atoms with Crippen LogP contribution in [-0.4, -0.2) is 28.5 Å². The number of anilines is 2. The normalized spacial score (nSPS) is 16.6. The highest BCUT2D eigenvalue weighted by atomic mass is 16.1. The smallest absolute Gasteiger partial charge is 0.261 e. The van der Waals surface area contributed by atoms with Gasteiger partial charge in [0, 0.05) is 31.6 Å². The third-order valence-electron chi connectivity index (χ3n) is 6.43. The highest BCUT2D eigenvalue weighted by Crippen LogP contribution is 2.29. The first kappa shape index (κ1) is 19.8. The number of rotatable bonds is 3. The highest BCUT2D eigenvalue weighted by molar-refractivity contribution is 6.07. The molecule has 6 nitrogen and oxygen atoms in total. The van der Waals surface area contributed by atoms with E-state index in [1.165, 1.54) is 19.3 Å². The Balaban J connectivity index is 1.45. The number of carbonyl (C=O) groups is 1. The highest BCUT2D eigenvalue weighted by Gasteiger charge is 2.18. The maximum absolute atomic E-state index is 13.1. The molecule has 0 radical (unpaired) electrons. The van der Waals surface area contributed by atoms with E-state index < -0.39 is 0 Å². The molecule has 1 fully saturated rings. The van der Waals surface area contributed by atoms with Crippen LogP contribution in [0.2, 0.25) is 0 Å². The zero-order valence-electron chi connectivity index (χ0n) is 17.8. The standard InChI is InChI=1S/C25H28N4O2/c30-24(27-20-9-4-5-10-22(20)28-14-6-2-7-15-28)18-12-13-19-21(17-18)26-23-11-3-1-8-16-29(23)25(19)31/h4-5,9-10,12-13,17H,1-3,6-8,11,14-16H2,(H,27,30). The average molecular weight is 417 g/mol. The molecule has 1 amide bonds. The molecule has 1 saturated heterocycles. The SMILES string of the molecule is O=C(Nc1ccccc1N1CCCCC1)c1ccc2c(=O)n3c(nc2c1)CCCCC3. The fraction of sp³-hybridized carbons (Fsp3) is 0.400. The van der Waals surface area contributed by atoms with Crippen molar-refractivity contribution in [2.45, 2.75) is 51.5 Å². The van der Waals surface area contributed by atoms with Gasteiger partial charge in [-0.3, -0.25) is 14.2 Å². The fourth-order valence-electron chi connectivity index (χ4n) is 4.74. The average Bonchev–Trinajstić information content (AvgIpc) is 3.05. The number of carbonyl (C=O) groups excluding carboxylic acids is 1. The van der Waals surface area contributed by atoms with Gasteiger partial charge in [-0.05, 0) is 62.4 Å². The molecular formula is C25H28N4O2. The van der Waals surface area contributed by atoms with E-state index in [9.17, 15) is 9.59 Å². The van der Waals surface area contributed by atoms with E-state index in [0.717, 1.165) is 62.5 Å². The van der Waals surface area contributed by atoms with Gasteiger partial charge in [0.05, 0.1) is 22.3 Å². The first-order valence-electron chi connectivity index (χ1n) is 11.4. The van der Waals surface area contributed by atoms with Gasteiger partial charge < -0.3 is 10.2 Å². The maximum atomic E-state index is 13.1. The summed E-state index contributed by atoms with van der Waals surface area (Å²) in [7, 11) is 0. The van der Waals surface area contributed by atoms with Crippen molar-refractivity contribution in [3.05, 3.63) is 64.2 Å². The topological polar surface area (TPSA) is 67.2 Å². The zero-order chi connectivity index (χ0) is 21.2. The van der Waals surface area contributed by atoms with Gasteiger partial charge in [-0.15, -0.1) is 0 Å². The molecule has 5 rings (SSSR count). The molecule has 31 heavy (non-hydrogen) atoms. The zero-order valence-corrected chi connectivity index (χ0v) is 17.8. The minimum atomic E-state index is -0.178. The van der Waals surface area contributed by atoms with Crippen LogP contribution in [0.4, 0.5) is 11.4 Å². The molecule has 6 heteroatoms. The number of nitrogens with one attached hydrogen (secondary N) is 1. The van der Waals surface area contributed by atoms with E-state index in [1.807, 2.05) is 22.8 Å². The first-order chi connectivity index (χ1) is 15.2. The van der Waals surface area contributed by atoms with Crippen molar-refractivity contribution in [2.24, 2.45) is 0 Å². The third kappa shape index (κ3) is 3.94. The van der Waals surface area contributed by atoms with Gasteiger partial charge in [-0.25, -0.2) is 4.98 Å². The molecule has 2 aliphatic rings. The van der Waals surface area contributed by atoms with E-state index in [2.05, 4.69) is 16.3 Å². The lowest BCUT2D eigenvalue weighted by Gasteiger charge is -2.30. The second-order valence-corrected chi connectivity index (χ2v) is 8.55. The number of amides is 1. The van der Waals surface area contributed by atoms with Gasteiger partial charge in [-0.1, -0.05) is 18.6 Å². The maximum Gasteiger partial charge on any atom is 0.261 e. The number of piperidine rings is 1. The minimum absolute atomic E-state index is 0.00398. The summed E-state index contributed by atoms with van der Waals surface area (Å²) in [6, 6.07) is 13.2. The van der Waals surface area contributed by atoms with E-state index >= 15 is 0 Å². The Kier molecular flexibility index (Phi) is 5.45. The van der Waals surface area contributed by atoms with Gasteiger partial charge in [0.15, 0.2) is 0 Å². The predicted octanol–water partition coefficient (Wildman–Crippen LogP) is 4.37. The van der Waals surface area contributed by atoms with Crippen molar-refractivity contribution < 1.29 is 4.79 Å². The van der Waals surface area contributed by atoms with Crippen LogP contribution in [0.15, 0.2) is 47.3 Å². The lowest BCUT2D eigenvalue weighted by Crippen LogP contribution is -2.30. The van der Waals surface area contributed by atoms with Crippen LogP contribution in [-0.2, 0) is 13.0 Å². The van der Waals surface area contributed by atoms with Crippen molar-refractivity contribution >= 4 is 28.2 Å². The summed E-state index contributed by atoms with van der Waals surface area (Å²) in [5, 5.41) is 3.66. The molecule has 1 aromatic heterocycles. The third-order valence-corrected chi connectivity index (χ3v) is 6.43. The van der Waals surface area contributed by atoms with Crippen LogP contribution in [0.5, 0.6) is 0 Å². The molecule has 160 valence electrons. The fourth-order valence-corrected chi connectivity index (χ4v) is 4.74. The second kappa shape index (κ2) is 8.53. The molecule has 0 atom stereocenters. The van der Waals surface area contributed by atoms with Crippen molar-refractivity contribution in [3.63, 3.8) is 0 Å². The predicted molar refractivity (Wildman–Crippen MR) is 124 cm³/mol. The molecule has 3 aromatic rings. The number of aromatic nitrogens is 2. The Hall–Kier alpha value is -3.15. The summed E-state index contributed by atoms with van der Waals surface area (Å²) < 4.78 is 1.81. The number of aryl methyl sites for hydroxylation is 1. The Morgan fingerprint density at radius 3 is 2.55 bits per heavy atom. The monoisotopic (exact) mass is 416 g/mol. The number of nitrogens with zero attached hydrogens (tertiary/aromatic N) is 3. The number of benzene rings is 2. The van der Waals surface area contributed by atoms with Gasteiger partial charge in [-0.2, -0.15) is 0 Å². The van der Waals surface area contributed by atoms with E-state index in [-0.39, 0.29) is 11.5 Å². The molecular weight excluding hydrogens is 388 g/mol. The Morgan fingerprint density at radius 2 is 1.68 bits per heavy atom. The molecule has 2 aromatic carbocycles. The summed E-state index contributed by atoms with van der Waals surface area (Å²) in [5.41, 5.74) is 3.02. The first-order valence-corrected chi connectivity index (χ1v) is 11.4. The van der Waals surface area contributed by atoms with Crippen molar-refractivity contribution in [3.8, 4) is 0 Å². The quantitative estimate of drug-likeness (QED) is 0.689. The van der Waals surface area contributed by atoms with Crippen LogP contribution >= 0.6 is 0 Å². The van der Waals surface area contributed by atoms with Crippen LogP contribution < -0.4 is 15.8 Å². The molecule has 0 saturated carbocycles. The number of hydrogen-bond donors (Lipinski definition) is 1. The minimum Gasteiger partial charge on any atom is -0.370 e. The van der Waals surface area contributed by atoms with Crippen molar-refractivity contribution in [2.75, 3.05) is 23.3 Å². The number of para-hydroxylation sites is 2. The van der Waals surface area contributed by atoms with E-state index in [0.29, 0.717) is 16.5 Å². The van der Waals surface area contributed by atoms with Gasteiger partial charge in [0.25, 0.3) is 11.5 Å². The van der Waals surface area contributed by atoms with E-state index in [4.69, 9.17) is 4.98 Å². The number of hydrogen-bond acceptors (Lipinski definition) is 4. The summed E-state index contributed by atoms with van der Waals surface area (Å²) in [4.78, 5) is 33.1. The Morgan fingerprint density at radius 1 is 0.903 bits per heavy atom. The summed E-state index contributed by atoms with van der Waals surface area (Å²) in [6.45, 7) is 2.76. The van der Waals surface area contributed by atoms with Crippen molar-refractivity contribution in [1.29, 1.82) is 0 Å². The molecule has 1 N–H and O–H groups in total. The van der Waals surface area contributed by atoms with Crippen LogP contribution in [0.25, 0.3) is 10.9 Å². The summed E-state index contributed by atoms with van der Waals surface area (Å²) in [5.74, 6) is 0.659. The van der Waals surface area contributed by atoms with Crippen LogP contribution in [0.1, 0.15) is 54.7 Å². The molecule has 0 spiro atoms. The molecule has 2 aliphatic heterocycles. The molecule has 0 bridgehead atoms. The molecule has 0 aliphatic carbocycles. The van der Waals surface area contributed by atoms with Gasteiger partial charge in [0.1, 0.15) is 5.82 Å². The Labute approximate surface area is 181 Å². The second-order valence-electron chi connectivity index (χ2n) is 8.55. The van der Waals surface area contributed by atoms with Gasteiger partial charge >= 0.3 is 0 Å². The van der Waals surface area contributed by atoms with Gasteiger partial charge in [0.2, 0.25) is 0 Å². The van der Waals surface area contributed by atoms with Crippen molar-refractivity contribution in [1.82, 2.24) is 9.55 Å². The molecule has 0 unspecified atom stereocenters. The lowest BCUT2D eigenvalue weighted by atomic mass is 10.1. The van der Waals surface area contributed by atoms with E-state index in [1.54, 1.807) is 18.2 Å². The number of fused-ring (bicyclic) bond motifs is 2. The summed E-state index contributed by atoms with van der Waals surface area (Å²) >= 11 is 0. The summed E-state index contributed by atoms with van der Waals surface area (Å²) in [6.07, 6.45) is 7.60. The molecule has 3 heterocycles. The largest absolute Gasteiger partial charge is 0.370 e. The van der Waals surface area contributed by atoms with Crippen LogP contribution in [0.3, 0.4) is 0 Å². The Bertz CT molecular complexity index is 1180. The lowest BCUT2D eigenvalue weighted by molar-refractivity contribution is 0.102. The van der Waals surface area contributed by atoms with Crippen LogP contribution in [0, 0.1) is 0 Å².